The number of hydrogen-bond acceptors (Lipinski definition) is 2. The van der Waals surface area contributed by atoms with Gasteiger partial charge in [-0.3, -0.25) is 0 Å². The molecule has 0 aromatic carbocycles. The molecule has 0 aromatic heterocycles. The summed E-state index contributed by atoms with van der Waals surface area (Å²) in [5.41, 5.74) is 1.34. The van der Waals surface area contributed by atoms with E-state index >= 15 is 0 Å². The minimum absolute atomic E-state index is 0.315. The van der Waals surface area contributed by atoms with Gasteiger partial charge in [0.15, 0.2) is 0 Å². The van der Waals surface area contributed by atoms with E-state index in [1.165, 1.54) is 10.1 Å². The highest BCUT2D eigenvalue weighted by atomic mass is 79.9. The summed E-state index contributed by atoms with van der Waals surface area (Å²) in [4.78, 5) is 0. The maximum atomic E-state index is 5.67. The fraction of sp³-hybridized carbons (Fsp3) is 0.800. The molecule has 0 N–H and O–H groups in total. The van der Waals surface area contributed by atoms with Crippen LogP contribution in [0.5, 0.6) is 0 Å². The molecule has 0 fully saturated rings. The van der Waals surface area contributed by atoms with E-state index in [0.29, 0.717) is 19.3 Å². The Morgan fingerprint density at radius 2 is 2.23 bits per heavy atom. The Balaban J connectivity index is 2.16. The van der Waals surface area contributed by atoms with Crippen molar-refractivity contribution in [2.45, 2.75) is 32.8 Å². The Kier molecular flexibility index (Phi) is 4.99. The van der Waals surface area contributed by atoms with Crippen LogP contribution in [0.15, 0.2) is 10.1 Å². The van der Waals surface area contributed by atoms with Crippen molar-refractivity contribution in [3.63, 3.8) is 0 Å². The number of halogens is 1. The zero-order valence-electron chi connectivity index (χ0n) is 8.31. The van der Waals surface area contributed by atoms with Crippen LogP contribution < -0.4 is 0 Å². The first-order valence-electron chi connectivity index (χ1n) is 4.80. The maximum absolute atomic E-state index is 5.67. The molecule has 0 amide bonds. The van der Waals surface area contributed by atoms with Crippen molar-refractivity contribution in [1.82, 2.24) is 0 Å². The lowest BCUT2D eigenvalue weighted by Gasteiger charge is -2.12. The molecular weight excluding hydrogens is 232 g/mol. The summed E-state index contributed by atoms with van der Waals surface area (Å²) in [5, 5.41) is 0. The van der Waals surface area contributed by atoms with E-state index in [2.05, 4.69) is 22.9 Å². The molecular formula is C10H17BrO2. The van der Waals surface area contributed by atoms with Gasteiger partial charge in [0.05, 0.1) is 19.3 Å². The number of rotatable bonds is 5. The third-order valence-electron chi connectivity index (χ3n) is 2.29. The number of ether oxygens (including phenoxy) is 2. The standard InChI is InChI=1S/C10H17BrO2/c1-3-12-6-7-13-10-5-4-9(11)8(10)2/h10H,3-7H2,1-2H3. The van der Waals surface area contributed by atoms with E-state index in [1.54, 1.807) is 0 Å². The SMILES string of the molecule is CCOCCOC1CCC(Br)=C1C. The van der Waals surface area contributed by atoms with Gasteiger partial charge in [0.2, 0.25) is 0 Å². The van der Waals surface area contributed by atoms with Crippen molar-refractivity contribution in [3.05, 3.63) is 10.1 Å². The highest BCUT2D eigenvalue weighted by molar-refractivity contribution is 9.11. The van der Waals surface area contributed by atoms with Crippen molar-refractivity contribution in [3.8, 4) is 0 Å². The van der Waals surface area contributed by atoms with E-state index < -0.39 is 0 Å². The van der Waals surface area contributed by atoms with Crippen LogP contribution in [0.1, 0.15) is 26.7 Å². The molecule has 1 unspecified atom stereocenters. The molecule has 0 spiro atoms. The fourth-order valence-corrected chi connectivity index (χ4v) is 1.93. The molecule has 76 valence electrons. The normalized spacial score (nSPS) is 22.8. The van der Waals surface area contributed by atoms with Crippen molar-refractivity contribution >= 4 is 15.9 Å². The molecule has 0 saturated heterocycles. The monoisotopic (exact) mass is 248 g/mol. The predicted molar refractivity (Wildman–Crippen MR) is 57.1 cm³/mol. The molecule has 1 aliphatic carbocycles. The molecule has 0 radical (unpaired) electrons. The first kappa shape index (κ1) is 11.2. The molecule has 0 saturated carbocycles. The molecule has 0 aromatic rings. The minimum Gasteiger partial charge on any atom is -0.379 e. The topological polar surface area (TPSA) is 18.5 Å². The first-order chi connectivity index (χ1) is 6.25. The summed E-state index contributed by atoms with van der Waals surface area (Å²) < 4.78 is 12.2. The van der Waals surface area contributed by atoms with Crippen molar-refractivity contribution < 1.29 is 9.47 Å². The molecule has 0 heterocycles. The summed E-state index contributed by atoms with van der Waals surface area (Å²) in [5.74, 6) is 0. The van der Waals surface area contributed by atoms with E-state index in [0.717, 1.165) is 19.4 Å². The molecule has 1 atom stereocenters. The van der Waals surface area contributed by atoms with Crippen LogP contribution in [0.3, 0.4) is 0 Å². The summed E-state index contributed by atoms with van der Waals surface area (Å²) >= 11 is 3.54. The van der Waals surface area contributed by atoms with Gasteiger partial charge in [0.1, 0.15) is 0 Å². The van der Waals surface area contributed by atoms with Crippen LogP contribution in [0.2, 0.25) is 0 Å². The van der Waals surface area contributed by atoms with Crippen LogP contribution in [0.25, 0.3) is 0 Å². The quantitative estimate of drug-likeness (QED) is 0.697. The maximum Gasteiger partial charge on any atom is 0.0797 e. The van der Waals surface area contributed by atoms with Gasteiger partial charge in [-0.05, 0) is 36.7 Å². The van der Waals surface area contributed by atoms with Gasteiger partial charge in [0, 0.05) is 6.61 Å². The summed E-state index contributed by atoms with van der Waals surface area (Å²) in [6, 6.07) is 0. The molecule has 1 rings (SSSR count). The minimum atomic E-state index is 0.315. The van der Waals surface area contributed by atoms with Crippen LogP contribution in [0.4, 0.5) is 0 Å². The van der Waals surface area contributed by atoms with Crippen molar-refractivity contribution in [1.29, 1.82) is 0 Å². The average molecular weight is 249 g/mol. The molecule has 3 heteroatoms. The molecule has 13 heavy (non-hydrogen) atoms. The Bertz CT molecular complexity index is 189. The van der Waals surface area contributed by atoms with E-state index in [9.17, 15) is 0 Å². The zero-order chi connectivity index (χ0) is 9.68. The predicted octanol–water partition coefficient (Wildman–Crippen LogP) is 2.87. The summed E-state index contributed by atoms with van der Waals surface area (Å²) in [6.07, 6.45) is 2.54. The van der Waals surface area contributed by atoms with E-state index in [4.69, 9.17) is 9.47 Å². The zero-order valence-corrected chi connectivity index (χ0v) is 9.89. The third-order valence-corrected chi connectivity index (χ3v) is 3.31. The van der Waals surface area contributed by atoms with E-state index in [1.807, 2.05) is 6.92 Å². The number of allylic oxidation sites excluding steroid dienone is 1. The van der Waals surface area contributed by atoms with Gasteiger partial charge in [-0.2, -0.15) is 0 Å². The summed E-state index contributed by atoms with van der Waals surface area (Å²) in [6.45, 7) is 6.31. The Hall–Kier alpha value is 0.140. The Morgan fingerprint density at radius 1 is 1.46 bits per heavy atom. The van der Waals surface area contributed by atoms with Gasteiger partial charge >= 0.3 is 0 Å². The smallest absolute Gasteiger partial charge is 0.0797 e. The fourth-order valence-electron chi connectivity index (χ4n) is 1.45. The molecule has 0 bridgehead atoms. The van der Waals surface area contributed by atoms with Gasteiger partial charge in [-0.25, -0.2) is 0 Å². The lowest BCUT2D eigenvalue weighted by atomic mass is 10.2. The summed E-state index contributed by atoms with van der Waals surface area (Å²) in [7, 11) is 0. The second kappa shape index (κ2) is 5.78. The van der Waals surface area contributed by atoms with Crippen molar-refractivity contribution in [2.75, 3.05) is 19.8 Å². The molecule has 0 aliphatic heterocycles. The van der Waals surface area contributed by atoms with Gasteiger partial charge in [-0.15, -0.1) is 0 Å². The largest absolute Gasteiger partial charge is 0.379 e. The lowest BCUT2D eigenvalue weighted by molar-refractivity contribution is 0.0231. The highest BCUT2D eigenvalue weighted by Crippen LogP contribution is 2.31. The number of hydrogen-bond donors (Lipinski definition) is 0. The van der Waals surface area contributed by atoms with Crippen LogP contribution in [0, 0.1) is 0 Å². The third kappa shape index (κ3) is 3.41. The van der Waals surface area contributed by atoms with Crippen LogP contribution in [-0.2, 0) is 9.47 Å². The molecule has 2 nitrogen and oxygen atoms in total. The van der Waals surface area contributed by atoms with E-state index in [-0.39, 0.29) is 0 Å². The Labute approximate surface area is 88.4 Å². The van der Waals surface area contributed by atoms with Gasteiger partial charge < -0.3 is 9.47 Å². The average Bonchev–Trinajstić information content (AvgIpc) is 2.43. The lowest BCUT2D eigenvalue weighted by Crippen LogP contribution is -2.14. The second-order valence-electron chi connectivity index (χ2n) is 3.18. The second-order valence-corrected chi connectivity index (χ2v) is 4.14. The highest BCUT2D eigenvalue weighted by Gasteiger charge is 2.20. The van der Waals surface area contributed by atoms with Gasteiger partial charge in [0.25, 0.3) is 0 Å². The Morgan fingerprint density at radius 3 is 2.77 bits per heavy atom. The molecule has 1 aliphatic rings. The van der Waals surface area contributed by atoms with Crippen LogP contribution >= 0.6 is 15.9 Å². The van der Waals surface area contributed by atoms with Gasteiger partial charge in [-0.1, -0.05) is 15.9 Å². The first-order valence-corrected chi connectivity index (χ1v) is 5.59. The van der Waals surface area contributed by atoms with Crippen molar-refractivity contribution in [2.24, 2.45) is 0 Å². The van der Waals surface area contributed by atoms with Crippen LogP contribution in [-0.4, -0.2) is 25.9 Å².